The summed E-state index contributed by atoms with van der Waals surface area (Å²) in [5.41, 5.74) is 0. The van der Waals surface area contributed by atoms with E-state index in [0.29, 0.717) is 6.42 Å². The quantitative estimate of drug-likeness (QED) is 0.492. The smallest absolute Gasteiger partial charge is 0.305 e. The fourth-order valence-corrected chi connectivity index (χ4v) is 1.49. The molecule has 0 aliphatic heterocycles. The lowest BCUT2D eigenvalue weighted by atomic mass is 10.1. The Hall–Kier alpha value is -0.310. The van der Waals surface area contributed by atoms with Crippen LogP contribution in [0.15, 0.2) is 11.1 Å². The number of ether oxygens (including phenoxy) is 1. The number of unbranched alkanes of at least 4 members (excludes halogenated alkanes) is 5. The highest BCUT2D eigenvalue weighted by atomic mass is 79.9. The largest absolute Gasteiger partial charge is 0.469 e. The molecule has 3 heteroatoms. The number of allylic oxidation sites excluding steroid dienone is 1. The lowest BCUT2D eigenvalue weighted by molar-refractivity contribution is -0.140. The van der Waals surface area contributed by atoms with Gasteiger partial charge in [-0.1, -0.05) is 41.3 Å². The Morgan fingerprint density at radius 2 is 1.86 bits per heavy atom. The molecule has 0 rings (SSSR count). The summed E-state index contributed by atoms with van der Waals surface area (Å²) in [6.07, 6.45) is 9.62. The number of methoxy groups -OCH3 is 1. The third-order valence-electron chi connectivity index (χ3n) is 2.07. The van der Waals surface area contributed by atoms with E-state index in [1.54, 1.807) is 0 Å². The van der Waals surface area contributed by atoms with Gasteiger partial charge in [-0.05, 0) is 24.2 Å². The van der Waals surface area contributed by atoms with Gasteiger partial charge in [-0.25, -0.2) is 0 Å². The van der Waals surface area contributed by atoms with Crippen LogP contribution in [-0.4, -0.2) is 13.1 Å². The highest BCUT2D eigenvalue weighted by molar-refractivity contribution is 9.11. The van der Waals surface area contributed by atoms with Crippen molar-refractivity contribution in [3.05, 3.63) is 11.1 Å². The zero-order valence-electron chi connectivity index (χ0n) is 8.80. The lowest BCUT2D eigenvalue weighted by Crippen LogP contribution is -1.98. The van der Waals surface area contributed by atoms with E-state index in [2.05, 4.69) is 26.7 Å². The Kier molecular flexibility index (Phi) is 10.5. The third kappa shape index (κ3) is 9.78. The van der Waals surface area contributed by atoms with Crippen molar-refractivity contribution in [1.29, 1.82) is 0 Å². The number of hydrogen-bond acceptors (Lipinski definition) is 2. The fourth-order valence-electron chi connectivity index (χ4n) is 1.23. The van der Waals surface area contributed by atoms with E-state index in [1.165, 1.54) is 26.4 Å². The number of hydrogen-bond donors (Lipinski definition) is 0. The summed E-state index contributed by atoms with van der Waals surface area (Å²) >= 11 is 3.24. The van der Waals surface area contributed by atoms with Crippen LogP contribution >= 0.6 is 15.9 Å². The molecule has 0 fully saturated rings. The molecular formula is C11H19BrO2. The van der Waals surface area contributed by atoms with Gasteiger partial charge in [0.15, 0.2) is 0 Å². The SMILES string of the molecule is COC(=O)CCCCCCC/C=C\Br. The molecule has 0 radical (unpaired) electrons. The van der Waals surface area contributed by atoms with Crippen LogP contribution < -0.4 is 0 Å². The molecule has 0 aromatic rings. The van der Waals surface area contributed by atoms with Crippen LogP contribution in [0.2, 0.25) is 0 Å². The summed E-state index contributed by atoms with van der Waals surface area (Å²) in [6.45, 7) is 0. The van der Waals surface area contributed by atoms with Gasteiger partial charge in [0, 0.05) is 6.42 Å². The van der Waals surface area contributed by atoms with Crippen LogP contribution in [0.3, 0.4) is 0 Å². The zero-order valence-corrected chi connectivity index (χ0v) is 10.4. The van der Waals surface area contributed by atoms with Gasteiger partial charge < -0.3 is 4.74 Å². The second kappa shape index (κ2) is 10.8. The summed E-state index contributed by atoms with van der Waals surface area (Å²) in [4.78, 5) is 12.7. The van der Waals surface area contributed by atoms with Crippen molar-refractivity contribution < 1.29 is 9.53 Å². The molecule has 0 aromatic carbocycles. The molecule has 0 aromatic heterocycles. The average molecular weight is 263 g/mol. The minimum atomic E-state index is -0.0905. The summed E-state index contributed by atoms with van der Waals surface area (Å²) in [5, 5.41) is 0. The van der Waals surface area contributed by atoms with Crippen LogP contribution in [-0.2, 0) is 9.53 Å². The molecule has 0 spiro atoms. The van der Waals surface area contributed by atoms with E-state index in [-0.39, 0.29) is 5.97 Å². The molecule has 0 unspecified atom stereocenters. The van der Waals surface area contributed by atoms with Gasteiger partial charge >= 0.3 is 5.97 Å². The maximum absolute atomic E-state index is 10.7. The normalized spacial score (nSPS) is 10.7. The highest BCUT2D eigenvalue weighted by Crippen LogP contribution is 2.08. The Bertz CT molecular complexity index is 167. The monoisotopic (exact) mass is 262 g/mol. The number of carbonyl (C=O) groups is 1. The highest BCUT2D eigenvalue weighted by Gasteiger charge is 1.98. The maximum Gasteiger partial charge on any atom is 0.305 e. The molecule has 0 aliphatic rings. The molecule has 0 saturated carbocycles. The number of rotatable bonds is 8. The summed E-state index contributed by atoms with van der Waals surface area (Å²) in [7, 11) is 1.44. The molecule has 0 bridgehead atoms. The second-order valence-electron chi connectivity index (χ2n) is 3.24. The first-order valence-electron chi connectivity index (χ1n) is 5.13. The van der Waals surface area contributed by atoms with E-state index in [4.69, 9.17) is 0 Å². The van der Waals surface area contributed by atoms with E-state index in [0.717, 1.165) is 19.3 Å². The van der Waals surface area contributed by atoms with Crippen molar-refractivity contribution in [1.82, 2.24) is 0 Å². The molecule has 82 valence electrons. The molecule has 0 atom stereocenters. The Morgan fingerprint density at radius 3 is 2.50 bits per heavy atom. The van der Waals surface area contributed by atoms with E-state index >= 15 is 0 Å². The van der Waals surface area contributed by atoms with Crippen LogP contribution in [0.1, 0.15) is 44.9 Å². The van der Waals surface area contributed by atoms with Crippen LogP contribution in [0.4, 0.5) is 0 Å². The molecule has 0 aliphatic carbocycles. The van der Waals surface area contributed by atoms with Crippen molar-refractivity contribution in [3.63, 3.8) is 0 Å². The summed E-state index contributed by atoms with van der Waals surface area (Å²) in [6, 6.07) is 0. The molecule has 2 nitrogen and oxygen atoms in total. The van der Waals surface area contributed by atoms with Crippen LogP contribution in [0.5, 0.6) is 0 Å². The third-order valence-corrected chi connectivity index (χ3v) is 2.44. The standard InChI is InChI=1S/C11H19BrO2/c1-14-11(13)9-7-5-3-2-4-6-8-10-12/h8,10H,2-7,9H2,1H3/b10-8-. The van der Waals surface area contributed by atoms with E-state index in [9.17, 15) is 4.79 Å². The topological polar surface area (TPSA) is 26.3 Å². The molecule has 0 amide bonds. The Morgan fingerprint density at radius 1 is 1.21 bits per heavy atom. The van der Waals surface area contributed by atoms with Crippen molar-refractivity contribution in [2.45, 2.75) is 44.9 Å². The second-order valence-corrected chi connectivity index (χ2v) is 3.77. The number of halogens is 1. The lowest BCUT2D eigenvalue weighted by Gasteiger charge is -1.99. The summed E-state index contributed by atoms with van der Waals surface area (Å²) < 4.78 is 4.56. The van der Waals surface area contributed by atoms with Gasteiger partial charge in [0.1, 0.15) is 0 Å². The first-order valence-corrected chi connectivity index (χ1v) is 6.05. The van der Waals surface area contributed by atoms with Gasteiger partial charge in [0.25, 0.3) is 0 Å². The van der Waals surface area contributed by atoms with Crippen molar-refractivity contribution >= 4 is 21.9 Å². The van der Waals surface area contributed by atoms with E-state index < -0.39 is 0 Å². The van der Waals surface area contributed by atoms with Gasteiger partial charge in [-0.2, -0.15) is 0 Å². The average Bonchev–Trinajstić information content (AvgIpc) is 2.21. The first kappa shape index (κ1) is 13.7. The Balaban J connectivity index is 3.02. The molecular weight excluding hydrogens is 244 g/mol. The molecule has 0 saturated heterocycles. The van der Waals surface area contributed by atoms with E-state index in [1.807, 2.05) is 4.99 Å². The van der Waals surface area contributed by atoms with Gasteiger partial charge in [0.2, 0.25) is 0 Å². The molecule has 0 N–H and O–H groups in total. The number of carbonyl (C=O) groups excluding carboxylic acids is 1. The predicted molar refractivity (Wildman–Crippen MR) is 62.4 cm³/mol. The van der Waals surface area contributed by atoms with Gasteiger partial charge in [-0.3, -0.25) is 4.79 Å². The van der Waals surface area contributed by atoms with Crippen molar-refractivity contribution in [2.75, 3.05) is 7.11 Å². The first-order chi connectivity index (χ1) is 6.81. The molecule has 14 heavy (non-hydrogen) atoms. The van der Waals surface area contributed by atoms with Gasteiger partial charge in [-0.15, -0.1) is 0 Å². The number of esters is 1. The van der Waals surface area contributed by atoms with Crippen molar-refractivity contribution in [3.8, 4) is 0 Å². The minimum absolute atomic E-state index is 0.0905. The maximum atomic E-state index is 10.7. The predicted octanol–water partition coefficient (Wildman–Crippen LogP) is 3.80. The van der Waals surface area contributed by atoms with Crippen molar-refractivity contribution in [2.24, 2.45) is 0 Å². The Labute approximate surface area is 94.8 Å². The fraction of sp³-hybridized carbons (Fsp3) is 0.727. The van der Waals surface area contributed by atoms with Gasteiger partial charge in [0.05, 0.1) is 7.11 Å². The van der Waals surface area contributed by atoms with Crippen LogP contribution in [0, 0.1) is 0 Å². The minimum Gasteiger partial charge on any atom is -0.469 e. The van der Waals surface area contributed by atoms with Crippen LogP contribution in [0.25, 0.3) is 0 Å². The summed E-state index contributed by atoms with van der Waals surface area (Å²) in [5.74, 6) is -0.0905. The molecule has 0 heterocycles. The zero-order chi connectivity index (χ0) is 10.6.